The predicted molar refractivity (Wildman–Crippen MR) is 97.5 cm³/mol. The predicted octanol–water partition coefficient (Wildman–Crippen LogP) is 1.16. The number of carbonyl (C=O) groups excluding carboxylic acids is 2. The Balaban J connectivity index is 2.17. The molecule has 0 atom stereocenters. The molecule has 0 bridgehead atoms. The second-order valence-electron chi connectivity index (χ2n) is 5.43. The van der Waals surface area contributed by atoms with Gasteiger partial charge in [0, 0.05) is 12.3 Å². The fourth-order valence-electron chi connectivity index (χ4n) is 2.64. The number of allylic oxidation sites excluding steroid dienone is 2. The number of carbonyl (C=O) groups is 2. The van der Waals surface area contributed by atoms with E-state index in [1.54, 1.807) is 36.6 Å². The standard InChI is InChI=1S/C18H17N5O5/c1-26-15-10-12(23-11-19-20-21-23)7-8-14(15)22-9-5-4-6-13(17(24)27-2)16(22)18(25)28-3/h4-11H,1-3H3. The van der Waals surface area contributed by atoms with Gasteiger partial charge in [0.15, 0.2) is 0 Å². The van der Waals surface area contributed by atoms with Crippen molar-refractivity contribution in [2.45, 2.75) is 0 Å². The molecule has 0 N–H and O–H groups in total. The maximum atomic E-state index is 12.5. The van der Waals surface area contributed by atoms with Gasteiger partial charge in [-0.15, -0.1) is 5.10 Å². The summed E-state index contributed by atoms with van der Waals surface area (Å²) in [6.45, 7) is 0. The van der Waals surface area contributed by atoms with Gasteiger partial charge in [0.1, 0.15) is 17.8 Å². The number of nitrogens with zero attached hydrogens (tertiary/aromatic N) is 5. The molecule has 0 aliphatic carbocycles. The van der Waals surface area contributed by atoms with Crippen molar-refractivity contribution in [3.8, 4) is 11.4 Å². The molecule has 144 valence electrons. The Morgan fingerprint density at radius 1 is 1.04 bits per heavy atom. The Hall–Kier alpha value is -3.95. The van der Waals surface area contributed by atoms with Gasteiger partial charge in [0.05, 0.1) is 38.3 Å². The summed E-state index contributed by atoms with van der Waals surface area (Å²) in [7, 11) is 3.96. The topological polar surface area (TPSA) is 109 Å². The highest BCUT2D eigenvalue weighted by molar-refractivity contribution is 6.05. The first kappa shape index (κ1) is 18.8. The molecule has 3 rings (SSSR count). The molecule has 0 spiro atoms. The quantitative estimate of drug-likeness (QED) is 0.703. The van der Waals surface area contributed by atoms with Crippen molar-refractivity contribution in [2.75, 3.05) is 26.2 Å². The molecule has 1 aromatic heterocycles. The van der Waals surface area contributed by atoms with E-state index in [0.29, 0.717) is 17.1 Å². The molecule has 0 saturated carbocycles. The van der Waals surface area contributed by atoms with Gasteiger partial charge >= 0.3 is 11.9 Å². The molecule has 1 aromatic carbocycles. The summed E-state index contributed by atoms with van der Waals surface area (Å²) >= 11 is 0. The SMILES string of the molecule is COC(=O)C1=C(C(=O)OC)N(c2ccc(-n3cnnn3)cc2OC)C=CC=C1. The molecule has 1 aliphatic heterocycles. The molecule has 10 heteroatoms. The number of aromatic nitrogens is 4. The summed E-state index contributed by atoms with van der Waals surface area (Å²) in [4.78, 5) is 26.3. The van der Waals surface area contributed by atoms with Gasteiger partial charge in [0.2, 0.25) is 0 Å². The Kier molecular flexibility index (Phi) is 5.49. The van der Waals surface area contributed by atoms with Crippen molar-refractivity contribution in [3.05, 3.63) is 60.2 Å². The van der Waals surface area contributed by atoms with E-state index in [1.807, 2.05) is 0 Å². The molecule has 1 aliphatic rings. The van der Waals surface area contributed by atoms with E-state index in [1.165, 1.54) is 43.3 Å². The summed E-state index contributed by atoms with van der Waals surface area (Å²) < 4.78 is 16.7. The van der Waals surface area contributed by atoms with Crippen LogP contribution in [0.15, 0.2) is 60.2 Å². The van der Waals surface area contributed by atoms with Gasteiger partial charge in [-0.1, -0.05) is 6.08 Å². The highest BCUT2D eigenvalue weighted by Gasteiger charge is 2.29. The van der Waals surface area contributed by atoms with Crippen LogP contribution in [0.4, 0.5) is 5.69 Å². The smallest absolute Gasteiger partial charge is 0.355 e. The first-order valence-corrected chi connectivity index (χ1v) is 8.07. The van der Waals surface area contributed by atoms with Crippen LogP contribution in [-0.2, 0) is 19.1 Å². The number of methoxy groups -OCH3 is 3. The Morgan fingerprint density at radius 3 is 2.46 bits per heavy atom. The second-order valence-corrected chi connectivity index (χ2v) is 5.43. The lowest BCUT2D eigenvalue weighted by molar-refractivity contribution is -0.139. The molecule has 0 amide bonds. The number of hydrogen-bond donors (Lipinski definition) is 0. The van der Waals surface area contributed by atoms with Crippen LogP contribution in [0.3, 0.4) is 0 Å². The van der Waals surface area contributed by atoms with Crippen molar-refractivity contribution >= 4 is 17.6 Å². The fourth-order valence-corrected chi connectivity index (χ4v) is 2.64. The van der Waals surface area contributed by atoms with Crippen LogP contribution in [0.2, 0.25) is 0 Å². The summed E-state index contributed by atoms with van der Waals surface area (Å²) in [5, 5.41) is 11.1. The van der Waals surface area contributed by atoms with Gasteiger partial charge in [-0.2, -0.15) is 0 Å². The zero-order valence-electron chi connectivity index (χ0n) is 15.4. The summed E-state index contributed by atoms with van der Waals surface area (Å²) in [5.41, 5.74) is 1.19. The van der Waals surface area contributed by atoms with Crippen molar-refractivity contribution < 1.29 is 23.8 Å². The molecular weight excluding hydrogens is 366 g/mol. The normalized spacial score (nSPS) is 13.3. The minimum atomic E-state index is -0.705. The third kappa shape index (κ3) is 3.47. The molecule has 0 unspecified atom stereocenters. The van der Waals surface area contributed by atoms with Gasteiger partial charge in [0.25, 0.3) is 0 Å². The average molecular weight is 383 g/mol. The summed E-state index contributed by atoms with van der Waals surface area (Å²) in [6, 6.07) is 5.15. The fraction of sp³-hybridized carbons (Fsp3) is 0.167. The zero-order chi connectivity index (χ0) is 20.1. The van der Waals surface area contributed by atoms with Crippen molar-refractivity contribution in [1.82, 2.24) is 20.2 Å². The minimum absolute atomic E-state index is 0.00665. The molecule has 28 heavy (non-hydrogen) atoms. The molecule has 0 saturated heterocycles. The van der Waals surface area contributed by atoms with Crippen LogP contribution in [-0.4, -0.2) is 53.5 Å². The first-order valence-electron chi connectivity index (χ1n) is 8.07. The zero-order valence-corrected chi connectivity index (χ0v) is 15.4. The van der Waals surface area contributed by atoms with Gasteiger partial charge in [-0.25, -0.2) is 14.3 Å². The Morgan fingerprint density at radius 2 is 1.82 bits per heavy atom. The largest absolute Gasteiger partial charge is 0.494 e. The third-order valence-corrected chi connectivity index (χ3v) is 3.93. The van der Waals surface area contributed by atoms with Crippen molar-refractivity contribution in [3.63, 3.8) is 0 Å². The maximum absolute atomic E-state index is 12.5. The Bertz CT molecular complexity index is 978. The van der Waals surface area contributed by atoms with Crippen LogP contribution >= 0.6 is 0 Å². The second kappa shape index (κ2) is 8.16. The number of hydrogen-bond acceptors (Lipinski definition) is 9. The van der Waals surface area contributed by atoms with E-state index in [4.69, 9.17) is 14.2 Å². The lowest BCUT2D eigenvalue weighted by Crippen LogP contribution is -2.27. The minimum Gasteiger partial charge on any atom is -0.494 e. The highest BCUT2D eigenvalue weighted by Crippen LogP contribution is 2.35. The van der Waals surface area contributed by atoms with E-state index in [9.17, 15) is 9.59 Å². The van der Waals surface area contributed by atoms with E-state index >= 15 is 0 Å². The van der Waals surface area contributed by atoms with Gasteiger partial charge in [-0.3, -0.25) is 0 Å². The average Bonchev–Trinajstić information content (AvgIpc) is 3.18. The Labute approximate surface area is 160 Å². The number of benzene rings is 1. The summed E-state index contributed by atoms with van der Waals surface area (Å²) in [5.74, 6) is -0.956. The first-order chi connectivity index (χ1) is 13.6. The van der Waals surface area contributed by atoms with E-state index in [2.05, 4.69) is 15.5 Å². The molecule has 0 radical (unpaired) electrons. The lowest BCUT2D eigenvalue weighted by Gasteiger charge is -2.25. The molecule has 2 heterocycles. The van der Waals surface area contributed by atoms with Crippen molar-refractivity contribution in [2.24, 2.45) is 0 Å². The van der Waals surface area contributed by atoms with Crippen LogP contribution in [0.1, 0.15) is 0 Å². The third-order valence-electron chi connectivity index (χ3n) is 3.93. The maximum Gasteiger partial charge on any atom is 0.355 e. The van der Waals surface area contributed by atoms with E-state index in [0.717, 1.165) is 0 Å². The number of rotatable bonds is 5. The van der Waals surface area contributed by atoms with Crippen LogP contribution in [0.25, 0.3) is 5.69 Å². The van der Waals surface area contributed by atoms with E-state index in [-0.39, 0.29) is 11.3 Å². The molecule has 0 fully saturated rings. The van der Waals surface area contributed by atoms with Crippen molar-refractivity contribution in [1.29, 1.82) is 0 Å². The number of esters is 2. The summed E-state index contributed by atoms with van der Waals surface area (Å²) in [6.07, 6.45) is 7.84. The monoisotopic (exact) mass is 383 g/mol. The van der Waals surface area contributed by atoms with Crippen LogP contribution in [0.5, 0.6) is 5.75 Å². The highest BCUT2D eigenvalue weighted by atomic mass is 16.5. The molecule has 2 aromatic rings. The van der Waals surface area contributed by atoms with Gasteiger partial charge in [-0.05, 0) is 34.7 Å². The van der Waals surface area contributed by atoms with Gasteiger partial charge < -0.3 is 19.1 Å². The lowest BCUT2D eigenvalue weighted by atomic mass is 10.1. The number of ether oxygens (including phenoxy) is 3. The van der Waals surface area contributed by atoms with Crippen LogP contribution < -0.4 is 9.64 Å². The number of tetrazole rings is 1. The molecular formula is C18H17N5O5. The number of anilines is 1. The molecule has 10 nitrogen and oxygen atoms in total. The van der Waals surface area contributed by atoms with Crippen LogP contribution in [0, 0.1) is 0 Å². The van der Waals surface area contributed by atoms with E-state index < -0.39 is 11.9 Å².